The summed E-state index contributed by atoms with van der Waals surface area (Å²) in [5, 5.41) is 15.2. The summed E-state index contributed by atoms with van der Waals surface area (Å²) in [6.45, 7) is 0. The largest absolute Gasteiger partial charge is 0.325 e. The topological polar surface area (TPSA) is 84.0 Å². The Bertz CT molecular complexity index is 883. The number of carbonyl (C=O) groups is 2. The molecular formula is C15H11FN4O2S3. The smallest absolute Gasteiger partial charge is 0.267 e. The molecule has 0 bridgehead atoms. The van der Waals surface area contributed by atoms with E-state index < -0.39 is 5.82 Å². The van der Waals surface area contributed by atoms with Crippen LogP contribution in [0.1, 0.15) is 9.67 Å². The maximum Gasteiger partial charge on any atom is 0.267 e. The lowest BCUT2D eigenvalue weighted by atomic mass is 10.3. The second-order valence-electron chi connectivity index (χ2n) is 4.65. The number of thioether (sulfide) groups is 1. The van der Waals surface area contributed by atoms with Gasteiger partial charge in [0.25, 0.3) is 5.91 Å². The molecule has 0 radical (unpaired) electrons. The van der Waals surface area contributed by atoms with Crippen LogP contribution in [0.4, 0.5) is 15.2 Å². The van der Waals surface area contributed by atoms with Gasteiger partial charge in [-0.3, -0.25) is 14.9 Å². The standard InChI is InChI=1S/C15H11FN4O2S3/c16-9-3-1-4-10(7-9)17-12(21)8-24-15-20-19-14(25-15)18-13(22)11-5-2-6-23-11/h1-7H,8H2,(H,17,21)(H,18,19,22). The summed E-state index contributed by atoms with van der Waals surface area (Å²) >= 11 is 3.70. The minimum Gasteiger partial charge on any atom is -0.325 e. The van der Waals surface area contributed by atoms with Crippen LogP contribution in [-0.2, 0) is 4.79 Å². The van der Waals surface area contributed by atoms with E-state index in [0.717, 1.165) is 0 Å². The van der Waals surface area contributed by atoms with E-state index >= 15 is 0 Å². The zero-order valence-corrected chi connectivity index (χ0v) is 15.0. The molecule has 2 heterocycles. The van der Waals surface area contributed by atoms with Crippen molar-refractivity contribution in [3.05, 3.63) is 52.5 Å². The molecule has 0 aliphatic heterocycles. The molecule has 128 valence electrons. The fourth-order valence-electron chi connectivity index (χ4n) is 1.78. The van der Waals surface area contributed by atoms with E-state index in [0.29, 0.717) is 20.0 Å². The molecule has 0 fully saturated rings. The third kappa shape index (κ3) is 5.08. The number of nitrogens with one attached hydrogen (secondary N) is 2. The predicted octanol–water partition coefficient (Wildman–Crippen LogP) is 3.72. The summed E-state index contributed by atoms with van der Waals surface area (Å²) in [7, 11) is 0. The molecule has 0 saturated heterocycles. The van der Waals surface area contributed by atoms with E-state index in [4.69, 9.17) is 0 Å². The van der Waals surface area contributed by atoms with Crippen LogP contribution in [0.2, 0.25) is 0 Å². The number of hydrogen-bond donors (Lipinski definition) is 2. The van der Waals surface area contributed by atoms with Crippen molar-refractivity contribution in [2.24, 2.45) is 0 Å². The number of carbonyl (C=O) groups excluding carboxylic acids is 2. The summed E-state index contributed by atoms with van der Waals surface area (Å²) in [6.07, 6.45) is 0. The molecule has 0 aliphatic carbocycles. The van der Waals surface area contributed by atoms with Gasteiger partial charge in [-0.15, -0.1) is 21.5 Å². The van der Waals surface area contributed by atoms with Crippen LogP contribution < -0.4 is 10.6 Å². The van der Waals surface area contributed by atoms with Gasteiger partial charge in [-0.25, -0.2) is 4.39 Å². The molecule has 3 rings (SSSR count). The number of halogens is 1. The van der Waals surface area contributed by atoms with Crippen LogP contribution in [0.3, 0.4) is 0 Å². The molecule has 2 aromatic heterocycles. The molecule has 1 aromatic carbocycles. The van der Waals surface area contributed by atoms with Gasteiger partial charge in [-0.1, -0.05) is 35.2 Å². The number of thiophene rings is 1. The molecule has 6 nitrogen and oxygen atoms in total. The van der Waals surface area contributed by atoms with Crippen molar-refractivity contribution in [3.8, 4) is 0 Å². The first-order valence-electron chi connectivity index (χ1n) is 6.97. The van der Waals surface area contributed by atoms with E-state index in [2.05, 4.69) is 20.8 Å². The Morgan fingerprint density at radius 2 is 2.04 bits per heavy atom. The van der Waals surface area contributed by atoms with Crippen molar-refractivity contribution < 1.29 is 14.0 Å². The molecule has 25 heavy (non-hydrogen) atoms. The maximum absolute atomic E-state index is 13.1. The average Bonchev–Trinajstić information content (AvgIpc) is 3.25. The van der Waals surface area contributed by atoms with Crippen molar-refractivity contribution in [3.63, 3.8) is 0 Å². The zero-order chi connectivity index (χ0) is 17.6. The Morgan fingerprint density at radius 3 is 2.80 bits per heavy atom. The predicted molar refractivity (Wildman–Crippen MR) is 97.9 cm³/mol. The molecule has 3 aromatic rings. The van der Waals surface area contributed by atoms with Crippen molar-refractivity contribution in [1.82, 2.24) is 10.2 Å². The van der Waals surface area contributed by atoms with Crippen molar-refractivity contribution in [2.75, 3.05) is 16.4 Å². The molecule has 10 heteroatoms. The van der Waals surface area contributed by atoms with Crippen LogP contribution in [0.15, 0.2) is 46.1 Å². The van der Waals surface area contributed by atoms with E-state index in [-0.39, 0.29) is 17.6 Å². The van der Waals surface area contributed by atoms with E-state index in [9.17, 15) is 14.0 Å². The van der Waals surface area contributed by atoms with Gasteiger partial charge >= 0.3 is 0 Å². The van der Waals surface area contributed by atoms with Gasteiger partial charge in [0.2, 0.25) is 11.0 Å². The molecule has 0 spiro atoms. The highest BCUT2D eigenvalue weighted by molar-refractivity contribution is 8.01. The first-order chi connectivity index (χ1) is 12.1. The van der Waals surface area contributed by atoms with Gasteiger partial charge in [0.15, 0.2) is 4.34 Å². The highest BCUT2D eigenvalue weighted by Gasteiger charge is 2.12. The normalized spacial score (nSPS) is 10.4. The third-order valence-corrected chi connectivity index (χ3v) is 5.65. The SMILES string of the molecule is O=C(CSc1nnc(NC(=O)c2cccs2)s1)Nc1cccc(F)c1. The Hall–Kier alpha value is -2.30. The van der Waals surface area contributed by atoms with Crippen LogP contribution >= 0.6 is 34.4 Å². The van der Waals surface area contributed by atoms with Crippen molar-refractivity contribution >= 4 is 57.1 Å². The molecule has 0 aliphatic rings. The van der Waals surface area contributed by atoms with Gasteiger partial charge in [0.1, 0.15) is 5.82 Å². The molecule has 0 atom stereocenters. The molecule has 0 unspecified atom stereocenters. The lowest BCUT2D eigenvalue weighted by Crippen LogP contribution is -2.13. The number of nitrogens with zero attached hydrogens (tertiary/aromatic N) is 2. The number of aromatic nitrogens is 2. The monoisotopic (exact) mass is 394 g/mol. The minimum atomic E-state index is -0.416. The number of hydrogen-bond acceptors (Lipinski definition) is 7. The molecule has 2 N–H and O–H groups in total. The van der Waals surface area contributed by atoms with E-state index in [1.165, 1.54) is 52.6 Å². The highest BCUT2D eigenvalue weighted by Crippen LogP contribution is 2.26. The van der Waals surface area contributed by atoms with Gasteiger partial charge in [-0.2, -0.15) is 0 Å². The second-order valence-corrected chi connectivity index (χ2v) is 7.80. The minimum absolute atomic E-state index is 0.101. The average molecular weight is 394 g/mol. The van der Waals surface area contributed by atoms with Crippen LogP contribution in [0, 0.1) is 5.82 Å². The summed E-state index contributed by atoms with van der Waals surface area (Å²) in [6, 6.07) is 9.18. The maximum atomic E-state index is 13.1. The zero-order valence-electron chi connectivity index (χ0n) is 12.6. The third-order valence-electron chi connectivity index (χ3n) is 2.81. The van der Waals surface area contributed by atoms with Gasteiger partial charge in [-0.05, 0) is 29.6 Å². The van der Waals surface area contributed by atoms with Gasteiger partial charge in [0.05, 0.1) is 10.6 Å². The first kappa shape index (κ1) is 17.5. The second kappa shape index (κ2) is 8.19. The quantitative estimate of drug-likeness (QED) is 0.492. The lowest BCUT2D eigenvalue weighted by molar-refractivity contribution is -0.113. The Kier molecular flexibility index (Phi) is 5.74. The number of anilines is 2. The van der Waals surface area contributed by atoms with Crippen LogP contribution in [0.25, 0.3) is 0 Å². The first-order valence-corrected chi connectivity index (χ1v) is 9.65. The molecule has 2 amide bonds. The molecule has 0 saturated carbocycles. The Morgan fingerprint density at radius 1 is 1.16 bits per heavy atom. The van der Waals surface area contributed by atoms with E-state index in [1.807, 2.05) is 5.38 Å². The summed E-state index contributed by atoms with van der Waals surface area (Å²) in [5.41, 5.74) is 0.395. The molecular weight excluding hydrogens is 383 g/mol. The Balaban J connectivity index is 1.50. The highest BCUT2D eigenvalue weighted by atomic mass is 32.2. The fraction of sp³-hybridized carbons (Fsp3) is 0.0667. The summed E-state index contributed by atoms with van der Waals surface area (Å²) in [5.74, 6) is -0.841. The fourth-order valence-corrected chi connectivity index (χ4v) is 3.94. The number of benzene rings is 1. The van der Waals surface area contributed by atoms with Crippen LogP contribution in [0.5, 0.6) is 0 Å². The van der Waals surface area contributed by atoms with Crippen molar-refractivity contribution in [1.29, 1.82) is 0 Å². The van der Waals surface area contributed by atoms with Gasteiger partial charge < -0.3 is 5.32 Å². The number of amides is 2. The van der Waals surface area contributed by atoms with Gasteiger partial charge in [0, 0.05) is 5.69 Å². The summed E-state index contributed by atoms with van der Waals surface area (Å²) < 4.78 is 13.6. The van der Waals surface area contributed by atoms with Crippen molar-refractivity contribution in [2.45, 2.75) is 4.34 Å². The Labute approximate surface area is 154 Å². The lowest BCUT2D eigenvalue weighted by Gasteiger charge is -2.03. The number of rotatable bonds is 6. The van der Waals surface area contributed by atoms with Crippen LogP contribution in [-0.4, -0.2) is 27.8 Å². The van der Waals surface area contributed by atoms with E-state index in [1.54, 1.807) is 18.2 Å². The summed E-state index contributed by atoms with van der Waals surface area (Å²) in [4.78, 5) is 24.4.